The summed E-state index contributed by atoms with van der Waals surface area (Å²) in [4.78, 5) is 2.82. The standard InChI is InChI=1S/C15H28N2/c1-11(2)14-8-16-12(3)9-17(14)10-15(6-7-15)13-4-5-13/h11-14,16H,4-10H2,1-3H3. The van der Waals surface area contributed by atoms with Gasteiger partial charge in [-0.1, -0.05) is 13.8 Å². The summed E-state index contributed by atoms with van der Waals surface area (Å²) in [6.45, 7) is 10.9. The van der Waals surface area contributed by atoms with Gasteiger partial charge in [-0.3, -0.25) is 4.90 Å². The minimum atomic E-state index is 0.681. The molecule has 2 unspecified atom stereocenters. The Morgan fingerprint density at radius 1 is 1.29 bits per heavy atom. The van der Waals surface area contributed by atoms with Gasteiger partial charge in [-0.15, -0.1) is 0 Å². The van der Waals surface area contributed by atoms with Gasteiger partial charge >= 0.3 is 0 Å². The smallest absolute Gasteiger partial charge is 0.0244 e. The lowest BCUT2D eigenvalue weighted by Crippen LogP contribution is -2.58. The Morgan fingerprint density at radius 2 is 2.00 bits per heavy atom. The Morgan fingerprint density at radius 3 is 2.53 bits per heavy atom. The fourth-order valence-electron chi connectivity index (χ4n) is 3.80. The Bertz CT molecular complexity index is 279. The molecule has 2 nitrogen and oxygen atoms in total. The first kappa shape index (κ1) is 12.0. The second-order valence-electron chi connectivity index (χ2n) is 7.19. The number of piperazine rings is 1. The molecule has 0 aromatic carbocycles. The van der Waals surface area contributed by atoms with E-state index < -0.39 is 0 Å². The van der Waals surface area contributed by atoms with Crippen LogP contribution < -0.4 is 5.32 Å². The summed E-state index contributed by atoms with van der Waals surface area (Å²) in [7, 11) is 0. The van der Waals surface area contributed by atoms with Gasteiger partial charge in [-0.2, -0.15) is 0 Å². The third-order valence-corrected chi connectivity index (χ3v) is 5.28. The zero-order chi connectivity index (χ0) is 12.0. The highest BCUT2D eigenvalue weighted by Crippen LogP contribution is 2.61. The zero-order valence-corrected chi connectivity index (χ0v) is 11.7. The minimum absolute atomic E-state index is 0.681. The van der Waals surface area contributed by atoms with Crippen molar-refractivity contribution in [2.24, 2.45) is 17.3 Å². The molecule has 0 radical (unpaired) electrons. The van der Waals surface area contributed by atoms with Gasteiger partial charge in [0.25, 0.3) is 0 Å². The molecule has 1 saturated heterocycles. The molecular weight excluding hydrogens is 208 g/mol. The van der Waals surface area contributed by atoms with Gasteiger partial charge in [0.15, 0.2) is 0 Å². The van der Waals surface area contributed by atoms with Crippen LogP contribution in [-0.2, 0) is 0 Å². The number of hydrogen-bond acceptors (Lipinski definition) is 2. The second kappa shape index (κ2) is 4.24. The lowest BCUT2D eigenvalue weighted by atomic mass is 9.93. The van der Waals surface area contributed by atoms with Crippen molar-refractivity contribution in [3.05, 3.63) is 0 Å². The van der Waals surface area contributed by atoms with E-state index in [1.54, 1.807) is 0 Å². The monoisotopic (exact) mass is 236 g/mol. The summed E-state index contributed by atoms with van der Waals surface area (Å²) in [6.07, 6.45) is 6.07. The summed E-state index contributed by atoms with van der Waals surface area (Å²) in [6, 6.07) is 1.45. The van der Waals surface area contributed by atoms with Gasteiger partial charge in [0.2, 0.25) is 0 Å². The summed E-state index contributed by atoms with van der Waals surface area (Å²) >= 11 is 0. The average Bonchev–Trinajstić information content (AvgIpc) is 3.11. The van der Waals surface area contributed by atoms with Crippen LogP contribution in [0.25, 0.3) is 0 Å². The molecule has 2 atom stereocenters. The molecule has 0 aromatic heterocycles. The van der Waals surface area contributed by atoms with Crippen LogP contribution >= 0.6 is 0 Å². The van der Waals surface area contributed by atoms with E-state index in [1.807, 2.05) is 0 Å². The Kier molecular flexibility index (Phi) is 2.99. The van der Waals surface area contributed by atoms with Crippen molar-refractivity contribution in [3.63, 3.8) is 0 Å². The number of nitrogens with zero attached hydrogens (tertiary/aromatic N) is 1. The van der Waals surface area contributed by atoms with Crippen molar-refractivity contribution in [1.82, 2.24) is 10.2 Å². The minimum Gasteiger partial charge on any atom is -0.311 e. The first-order valence-corrected chi connectivity index (χ1v) is 7.58. The molecule has 98 valence electrons. The van der Waals surface area contributed by atoms with Gasteiger partial charge in [0.1, 0.15) is 0 Å². The highest BCUT2D eigenvalue weighted by molar-refractivity contribution is 5.06. The first-order chi connectivity index (χ1) is 8.11. The van der Waals surface area contributed by atoms with Gasteiger partial charge in [-0.25, -0.2) is 0 Å². The molecule has 0 aromatic rings. The van der Waals surface area contributed by atoms with Crippen LogP contribution in [0.4, 0.5) is 0 Å². The van der Waals surface area contributed by atoms with E-state index in [2.05, 4.69) is 31.0 Å². The van der Waals surface area contributed by atoms with Crippen LogP contribution in [0.5, 0.6) is 0 Å². The summed E-state index contributed by atoms with van der Waals surface area (Å²) < 4.78 is 0. The molecule has 0 bridgehead atoms. The van der Waals surface area contributed by atoms with Crippen LogP contribution in [0.15, 0.2) is 0 Å². The largest absolute Gasteiger partial charge is 0.311 e. The first-order valence-electron chi connectivity index (χ1n) is 7.58. The van der Waals surface area contributed by atoms with Crippen LogP contribution in [0, 0.1) is 17.3 Å². The van der Waals surface area contributed by atoms with Crippen LogP contribution in [0.2, 0.25) is 0 Å². The van der Waals surface area contributed by atoms with Crippen molar-refractivity contribution in [2.75, 3.05) is 19.6 Å². The molecule has 2 heteroatoms. The topological polar surface area (TPSA) is 15.3 Å². The Balaban J connectivity index is 1.65. The fourth-order valence-corrected chi connectivity index (χ4v) is 3.80. The molecule has 3 rings (SSSR count). The highest BCUT2D eigenvalue weighted by Gasteiger charge is 2.54. The number of nitrogens with one attached hydrogen (secondary N) is 1. The van der Waals surface area contributed by atoms with E-state index in [1.165, 1.54) is 45.3 Å². The van der Waals surface area contributed by atoms with Crippen molar-refractivity contribution in [2.45, 2.75) is 58.5 Å². The van der Waals surface area contributed by atoms with Crippen LogP contribution in [0.3, 0.4) is 0 Å². The quantitative estimate of drug-likeness (QED) is 0.807. The molecule has 3 fully saturated rings. The van der Waals surface area contributed by atoms with Crippen LogP contribution in [0.1, 0.15) is 46.5 Å². The Hall–Kier alpha value is -0.0800. The molecule has 17 heavy (non-hydrogen) atoms. The van der Waals surface area contributed by atoms with E-state index >= 15 is 0 Å². The number of rotatable bonds is 4. The molecule has 0 spiro atoms. The number of hydrogen-bond donors (Lipinski definition) is 1. The molecule has 1 heterocycles. The fraction of sp³-hybridized carbons (Fsp3) is 1.00. The van der Waals surface area contributed by atoms with Gasteiger partial charge in [-0.05, 0) is 49.9 Å². The third kappa shape index (κ3) is 2.39. The predicted octanol–water partition coefficient (Wildman–Crippen LogP) is 2.49. The maximum atomic E-state index is 3.65. The van der Waals surface area contributed by atoms with Gasteiger partial charge in [0, 0.05) is 31.7 Å². The van der Waals surface area contributed by atoms with Crippen molar-refractivity contribution >= 4 is 0 Å². The zero-order valence-electron chi connectivity index (χ0n) is 11.7. The SMILES string of the molecule is CC1CN(CC2(C3CC3)CC2)C(C(C)C)CN1. The van der Waals surface area contributed by atoms with Gasteiger partial charge in [0.05, 0.1) is 0 Å². The highest BCUT2D eigenvalue weighted by atomic mass is 15.2. The van der Waals surface area contributed by atoms with Crippen molar-refractivity contribution in [1.29, 1.82) is 0 Å². The van der Waals surface area contributed by atoms with Gasteiger partial charge < -0.3 is 5.32 Å². The summed E-state index contributed by atoms with van der Waals surface area (Å²) in [5.74, 6) is 1.88. The molecule has 2 aliphatic carbocycles. The third-order valence-electron chi connectivity index (χ3n) is 5.28. The summed E-state index contributed by atoms with van der Waals surface area (Å²) in [5, 5.41) is 3.65. The molecule has 1 N–H and O–H groups in total. The normalized spacial score (nSPS) is 37.4. The van der Waals surface area contributed by atoms with E-state index in [0.29, 0.717) is 6.04 Å². The molecule has 0 amide bonds. The maximum absolute atomic E-state index is 3.65. The molecule has 1 aliphatic heterocycles. The molecular formula is C15H28N2. The molecule has 3 aliphatic rings. The van der Waals surface area contributed by atoms with Crippen molar-refractivity contribution in [3.8, 4) is 0 Å². The van der Waals surface area contributed by atoms with Crippen LogP contribution in [-0.4, -0.2) is 36.6 Å². The van der Waals surface area contributed by atoms with E-state index in [9.17, 15) is 0 Å². The Labute approximate surface area is 106 Å². The lowest BCUT2D eigenvalue weighted by molar-refractivity contribution is 0.0753. The molecule has 2 saturated carbocycles. The summed E-state index contributed by atoms with van der Waals surface area (Å²) in [5.41, 5.74) is 0.768. The van der Waals surface area contributed by atoms with E-state index in [4.69, 9.17) is 0 Å². The van der Waals surface area contributed by atoms with Crippen molar-refractivity contribution < 1.29 is 0 Å². The van der Waals surface area contributed by atoms with E-state index in [0.717, 1.165) is 23.3 Å². The maximum Gasteiger partial charge on any atom is 0.0244 e. The average molecular weight is 236 g/mol. The predicted molar refractivity (Wildman–Crippen MR) is 72.1 cm³/mol. The second-order valence-corrected chi connectivity index (χ2v) is 7.19. The van der Waals surface area contributed by atoms with E-state index in [-0.39, 0.29) is 0 Å². The lowest BCUT2D eigenvalue weighted by Gasteiger charge is -2.43.